The van der Waals surface area contributed by atoms with Gasteiger partial charge in [0.25, 0.3) is 0 Å². The first-order chi connectivity index (χ1) is 9.18. The number of ketones is 1. The average molecular weight is 264 g/mol. The highest BCUT2D eigenvalue weighted by atomic mass is 19.1. The molecule has 0 radical (unpaired) electrons. The van der Waals surface area contributed by atoms with E-state index in [-0.39, 0.29) is 11.6 Å². The quantitative estimate of drug-likeness (QED) is 0.603. The van der Waals surface area contributed by atoms with Gasteiger partial charge in [-0.05, 0) is 31.9 Å². The molecule has 1 aliphatic rings. The highest BCUT2D eigenvalue weighted by Gasteiger charge is 2.39. The molecule has 1 aliphatic carbocycles. The van der Waals surface area contributed by atoms with Gasteiger partial charge < -0.3 is 4.74 Å². The number of hydrogen-bond acceptors (Lipinski definition) is 2. The van der Waals surface area contributed by atoms with Crippen LogP contribution in [-0.4, -0.2) is 18.0 Å². The number of ether oxygens (including phenoxy) is 1. The van der Waals surface area contributed by atoms with E-state index in [4.69, 9.17) is 4.74 Å². The number of rotatable bonds is 4. The molecule has 0 unspecified atom stereocenters. The lowest BCUT2D eigenvalue weighted by Crippen LogP contribution is -2.41. The Morgan fingerprint density at radius 3 is 2.53 bits per heavy atom. The predicted molar refractivity (Wildman–Crippen MR) is 72.8 cm³/mol. The van der Waals surface area contributed by atoms with E-state index in [1.807, 2.05) is 6.92 Å². The van der Waals surface area contributed by atoms with Crippen LogP contribution in [0.3, 0.4) is 0 Å². The number of hydrogen-bond donors (Lipinski definition) is 0. The van der Waals surface area contributed by atoms with Gasteiger partial charge in [-0.2, -0.15) is 0 Å². The fourth-order valence-electron chi connectivity index (χ4n) is 2.91. The monoisotopic (exact) mass is 264 g/mol. The largest absolute Gasteiger partial charge is 0.367 e. The van der Waals surface area contributed by atoms with Crippen molar-refractivity contribution in [2.45, 2.75) is 51.0 Å². The van der Waals surface area contributed by atoms with E-state index in [1.54, 1.807) is 12.1 Å². The number of carbonyl (C=O) groups excluding carboxylic acids is 1. The Labute approximate surface area is 114 Å². The lowest BCUT2D eigenvalue weighted by molar-refractivity contribution is -0.0292. The van der Waals surface area contributed by atoms with Crippen molar-refractivity contribution in [2.24, 2.45) is 0 Å². The van der Waals surface area contributed by atoms with Crippen molar-refractivity contribution in [1.29, 1.82) is 0 Å². The van der Waals surface area contributed by atoms with Crippen LogP contribution in [0.4, 0.5) is 4.39 Å². The van der Waals surface area contributed by atoms with Crippen molar-refractivity contribution >= 4 is 5.78 Å². The van der Waals surface area contributed by atoms with Crippen molar-refractivity contribution in [1.82, 2.24) is 0 Å². The first-order valence-electron chi connectivity index (χ1n) is 7.12. The molecule has 1 aromatic carbocycles. The molecule has 0 saturated heterocycles. The molecule has 19 heavy (non-hydrogen) atoms. The Kier molecular flexibility index (Phi) is 4.70. The number of carbonyl (C=O) groups is 1. The molecule has 0 N–H and O–H groups in total. The number of halogens is 1. The van der Waals surface area contributed by atoms with E-state index in [0.717, 1.165) is 38.5 Å². The maximum Gasteiger partial charge on any atom is 0.194 e. The molecule has 2 rings (SSSR count). The lowest BCUT2D eigenvalue weighted by Gasteiger charge is -2.31. The van der Waals surface area contributed by atoms with E-state index in [1.165, 1.54) is 12.1 Å². The molecule has 3 heteroatoms. The molecule has 1 aromatic rings. The maximum atomic E-state index is 13.3. The Balaban J connectivity index is 2.29. The molecule has 0 spiro atoms. The number of benzene rings is 1. The van der Waals surface area contributed by atoms with Crippen molar-refractivity contribution < 1.29 is 13.9 Å². The molecule has 1 fully saturated rings. The normalized spacial score (nSPS) is 18.8. The Morgan fingerprint density at radius 2 is 1.95 bits per heavy atom. The van der Waals surface area contributed by atoms with Gasteiger partial charge in [0.05, 0.1) is 0 Å². The van der Waals surface area contributed by atoms with Gasteiger partial charge in [0.2, 0.25) is 0 Å². The highest BCUT2D eigenvalue weighted by molar-refractivity contribution is 6.02. The third-order valence-electron chi connectivity index (χ3n) is 3.83. The minimum atomic E-state index is -0.737. The molecule has 0 aromatic heterocycles. The molecule has 0 aliphatic heterocycles. The first kappa shape index (κ1) is 14.2. The van der Waals surface area contributed by atoms with Gasteiger partial charge >= 0.3 is 0 Å². The van der Waals surface area contributed by atoms with E-state index >= 15 is 0 Å². The van der Waals surface area contributed by atoms with Crippen LogP contribution in [-0.2, 0) is 4.74 Å². The molecular formula is C16H21FO2. The fraction of sp³-hybridized carbons (Fsp3) is 0.562. The number of Topliss-reactive ketones (excluding diaryl/α,β-unsaturated/α-hetero) is 1. The van der Waals surface area contributed by atoms with Crippen molar-refractivity contribution in [3.8, 4) is 0 Å². The SMILES string of the molecule is CCOC1(C(=O)c2cccc(F)c2)CCCCCC1. The third-order valence-corrected chi connectivity index (χ3v) is 3.83. The molecule has 104 valence electrons. The zero-order chi connectivity index (χ0) is 13.7. The summed E-state index contributed by atoms with van der Waals surface area (Å²) in [6.45, 7) is 2.42. The van der Waals surface area contributed by atoms with E-state index in [9.17, 15) is 9.18 Å². The molecule has 2 nitrogen and oxygen atoms in total. The predicted octanol–water partition coefficient (Wildman–Crippen LogP) is 4.14. The van der Waals surface area contributed by atoms with Crippen molar-refractivity contribution in [3.05, 3.63) is 35.6 Å². The summed E-state index contributed by atoms with van der Waals surface area (Å²) in [5, 5.41) is 0. The van der Waals surface area contributed by atoms with Crippen molar-refractivity contribution in [3.63, 3.8) is 0 Å². The van der Waals surface area contributed by atoms with Crippen molar-refractivity contribution in [2.75, 3.05) is 6.61 Å². The Hall–Kier alpha value is -1.22. The second kappa shape index (κ2) is 6.29. The van der Waals surface area contributed by atoms with Gasteiger partial charge in [0.1, 0.15) is 11.4 Å². The lowest BCUT2D eigenvalue weighted by atomic mass is 9.85. The molecule has 0 atom stereocenters. The summed E-state index contributed by atoms with van der Waals surface area (Å²) in [5.41, 5.74) is -0.311. The average Bonchev–Trinajstić information content (AvgIpc) is 2.65. The Bertz CT molecular complexity index is 434. The van der Waals surface area contributed by atoms with Crippen LogP contribution in [0, 0.1) is 5.82 Å². The Morgan fingerprint density at radius 1 is 1.26 bits per heavy atom. The van der Waals surface area contributed by atoms with E-state index < -0.39 is 5.60 Å². The molecule has 0 bridgehead atoms. The third kappa shape index (κ3) is 3.21. The molecule has 0 amide bonds. The summed E-state index contributed by atoms with van der Waals surface area (Å²) in [5.74, 6) is -0.429. The summed E-state index contributed by atoms with van der Waals surface area (Å²) in [4.78, 5) is 12.7. The van der Waals surface area contributed by atoms with Gasteiger partial charge in [-0.3, -0.25) is 4.79 Å². The summed E-state index contributed by atoms with van der Waals surface area (Å²) < 4.78 is 19.1. The van der Waals surface area contributed by atoms with Gasteiger partial charge in [-0.25, -0.2) is 4.39 Å². The summed E-state index contributed by atoms with van der Waals surface area (Å²) in [7, 11) is 0. The zero-order valence-corrected chi connectivity index (χ0v) is 11.5. The summed E-state index contributed by atoms with van der Waals surface area (Å²) in [6.07, 6.45) is 5.78. The topological polar surface area (TPSA) is 26.3 Å². The van der Waals surface area contributed by atoms with Crippen LogP contribution in [0.25, 0.3) is 0 Å². The molecular weight excluding hydrogens is 243 g/mol. The first-order valence-corrected chi connectivity index (χ1v) is 7.12. The van der Waals surface area contributed by atoms with E-state index in [0.29, 0.717) is 12.2 Å². The maximum absolute atomic E-state index is 13.3. The van der Waals surface area contributed by atoms with Gasteiger partial charge in [0, 0.05) is 12.2 Å². The second-order valence-corrected chi connectivity index (χ2v) is 5.18. The highest BCUT2D eigenvalue weighted by Crippen LogP contribution is 2.33. The zero-order valence-electron chi connectivity index (χ0n) is 11.5. The molecule has 1 saturated carbocycles. The van der Waals surface area contributed by atoms with Crippen LogP contribution >= 0.6 is 0 Å². The van der Waals surface area contributed by atoms with Gasteiger partial charge in [-0.1, -0.05) is 37.8 Å². The standard InChI is InChI=1S/C16H21FO2/c1-2-19-16(10-5-3-4-6-11-16)15(18)13-8-7-9-14(17)12-13/h7-9,12H,2-6,10-11H2,1H3. The van der Waals surface area contributed by atoms with Gasteiger partial charge in [-0.15, -0.1) is 0 Å². The minimum Gasteiger partial charge on any atom is -0.367 e. The van der Waals surface area contributed by atoms with Crippen LogP contribution in [0.2, 0.25) is 0 Å². The summed E-state index contributed by atoms with van der Waals surface area (Å²) in [6, 6.07) is 5.93. The van der Waals surface area contributed by atoms with Crippen LogP contribution in [0.1, 0.15) is 55.8 Å². The molecule has 0 heterocycles. The van der Waals surface area contributed by atoms with Crippen LogP contribution in [0.15, 0.2) is 24.3 Å². The van der Waals surface area contributed by atoms with Crippen LogP contribution < -0.4 is 0 Å². The minimum absolute atomic E-state index is 0.0595. The summed E-state index contributed by atoms with van der Waals surface area (Å²) >= 11 is 0. The van der Waals surface area contributed by atoms with E-state index in [2.05, 4.69) is 0 Å². The van der Waals surface area contributed by atoms with Gasteiger partial charge in [0.15, 0.2) is 5.78 Å². The second-order valence-electron chi connectivity index (χ2n) is 5.18. The smallest absolute Gasteiger partial charge is 0.194 e. The van der Waals surface area contributed by atoms with Crippen LogP contribution in [0.5, 0.6) is 0 Å². The fourth-order valence-corrected chi connectivity index (χ4v) is 2.91.